The summed E-state index contributed by atoms with van der Waals surface area (Å²) in [5, 5.41) is 9.85. The number of piperazine rings is 1. The molecule has 3 amide bonds. The number of alkyl halides is 3. The van der Waals surface area contributed by atoms with Crippen LogP contribution in [-0.4, -0.2) is 86.1 Å². The molecule has 1 aromatic carbocycles. The number of aromatic nitrogens is 4. The number of anilines is 1. The van der Waals surface area contributed by atoms with E-state index in [4.69, 9.17) is 11.6 Å². The van der Waals surface area contributed by atoms with Crippen LogP contribution in [0, 0.1) is 17.8 Å². The molecule has 0 bridgehead atoms. The van der Waals surface area contributed by atoms with Gasteiger partial charge in [0.05, 0.1) is 34.1 Å². The fourth-order valence-corrected chi connectivity index (χ4v) is 6.70. The Balaban J connectivity index is 1.000. The van der Waals surface area contributed by atoms with E-state index >= 15 is 0 Å². The van der Waals surface area contributed by atoms with Gasteiger partial charge in [0.1, 0.15) is 0 Å². The Morgan fingerprint density at radius 1 is 1.05 bits per heavy atom. The van der Waals surface area contributed by atoms with Gasteiger partial charge >= 0.3 is 6.18 Å². The van der Waals surface area contributed by atoms with Crippen LogP contribution in [0.25, 0.3) is 11.3 Å². The van der Waals surface area contributed by atoms with Gasteiger partial charge in [-0.2, -0.15) is 18.3 Å². The van der Waals surface area contributed by atoms with E-state index in [0.717, 1.165) is 25.9 Å². The molecule has 0 spiro atoms. The molecule has 3 atom stereocenters. The molecule has 11 nitrogen and oxygen atoms in total. The summed E-state index contributed by atoms with van der Waals surface area (Å²) in [5.41, 5.74) is -0.520. The molecule has 3 aromatic rings. The highest BCUT2D eigenvalue weighted by atomic mass is 35.5. The molecule has 4 heterocycles. The lowest BCUT2D eigenvalue weighted by Gasteiger charge is -2.35. The predicted molar refractivity (Wildman–Crippen MR) is 153 cm³/mol. The van der Waals surface area contributed by atoms with Crippen molar-refractivity contribution in [3.05, 3.63) is 52.7 Å². The molecule has 232 valence electrons. The summed E-state index contributed by atoms with van der Waals surface area (Å²) in [6.45, 7) is 3.53. The van der Waals surface area contributed by atoms with Gasteiger partial charge in [0.2, 0.25) is 5.91 Å². The first-order valence-corrected chi connectivity index (χ1v) is 15.0. The second kappa shape index (κ2) is 10.6. The average molecular weight is 631 g/mol. The molecular formula is C29H30ClF3N8O3. The van der Waals surface area contributed by atoms with Crippen LogP contribution in [0.1, 0.15) is 45.6 Å². The summed E-state index contributed by atoms with van der Waals surface area (Å²) in [4.78, 5) is 46.8. The van der Waals surface area contributed by atoms with Crippen LogP contribution < -0.4 is 10.6 Å². The van der Waals surface area contributed by atoms with Gasteiger partial charge in [0, 0.05) is 51.0 Å². The summed E-state index contributed by atoms with van der Waals surface area (Å²) >= 11 is 6.46. The predicted octanol–water partition coefficient (Wildman–Crippen LogP) is 3.29. The molecule has 2 aromatic heterocycles. The van der Waals surface area contributed by atoms with Crippen molar-refractivity contribution in [2.24, 2.45) is 24.8 Å². The molecule has 2 saturated carbocycles. The first kappa shape index (κ1) is 28.8. The summed E-state index contributed by atoms with van der Waals surface area (Å²) in [6, 6.07) is 4.43. The zero-order chi connectivity index (χ0) is 30.9. The van der Waals surface area contributed by atoms with Crippen LogP contribution in [0.5, 0.6) is 0 Å². The van der Waals surface area contributed by atoms with E-state index in [9.17, 15) is 27.6 Å². The van der Waals surface area contributed by atoms with Crippen LogP contribution >= 0.6 is 11.6 Å². The number of piperidine rings is 1. The van der Waals surface area contributed by atoms with E-state index in [1.165, 1.54) is 46.9 Å². The summed E-state index contributed by atoms with van der Waals surface area (Å²) < 4.78 is 43.8. The van der Waals surface area contributed by atoms with Gasteiger partial charge in [0.25, 0.3) is 11.8 Å². The third-order valence-corrected chi connectivity index (χ3v) is 9.41. The van der Waals surface area contributed by atoms with Gasteiger partial charge in [-0.25, -0.2) is 4.98 Å². The zero-order valence-corrected chi connectivity index (χ0v) is 24.5. The van der Waals surface area contributed by atoms with E-state index in [2.05, 4.69) is 20.7 Å². The van der Waals surface area contributed by atoms with Crippen molar-refractivity contribution >= 4 is 35.0 Å². The number of fused-ring (bicyclic) bond motifs is 1. The highest BCUT2D eigenvalue weighted by Crippen LogP contribution is 2.49. The summed E-state index contributed by atoms with van der Waals surface area (Å²) in [7, 11) is 1.46. The highest BCUT2D eigenvalue weighted by molar-refractivity contribution is 6.34. The maximum absolute atomic E-state index is 13.7. The SMILES string of the molecule is Cn1c(-c2cn(C3CC3)nc2C(F)(F)F)cnc1C(=O)Nc1ccc(C(=O)N2CCN(C(=O)C3C4CNC[C@@H]43)CC2)c(Cl)c1. The highest BCUT2D eigenvalue weighted by Gasteiger charge is 2.58. The van der Waals surface area contributed by atoms with Crippen molar-refractivity contribution in [2.45, 2.75) is 25.1 Å². The minimum atomic E-state index is -4.67. The number of rotatable bonds is 6. The summed E-state index contributed by atoms with van der Waals surface area (Å²) in [6.07, 6.45) is -0.574. The lowest BCUT2D eigenvalue weighted by Crippen LogP contribution is -2.51. The van der Waals surface area contributed by atoms with E-state index in [1.807, 2.05) is 4.90 Å². The molecule has 0 radical (unpaired) electrons. The van der Waals surface area contributed by atoms with Crippen LogP contribution in [-0.2, 0) is 18.0 Å². The number of imidazole rings is 1. The van der Waals surface area contributed by atoms with E-state index in [0.29, 0.717) is 43.7 Å². The number of carbonyl (C=O) groups excluding carboxylic acids is 3. The lowest BCUT2D eigenvalue weighted by atomic mass is 10.1. The number of nitrogens with one attached hydrogen (secondary N) is 2. The van der Waals surface area contributed by atoms with Gasteiger partial charge in [-0.1, -0.05) is 11.6 Å². The number of benzene rings is 1. The minimum Gasteiger partial charge on any atom is -0.339 e. The van der Waals surface area contributed by atoms with Crippen LogP contribution in [0.2, 0.25) is 5.02 Å². The lowest BCUT2D eigenvalue weighted by molar-refractivity contribution is -0.141. The number of nitrogens with zero attached hydrogens (tertiary/aromatic N) is 6. The van der Waals surface area contributed by atoms with E-state index < -0.39 is 17.8 Å². The number of carbonyl (C=O) groups is 3. The Morgan fingerprint density at radius 3 is 2.36 bits per heavy atom. The third-order valence-electron chi connectivity index (χ3n) is 9.10. The maximum Gasteiger partial charge on any atom is 0.435 e. The number of hydrogen-bond acceptors (Lipinski definition) is 6. The molecule has 44 heavy (non-hydrogen) atoms. The first-order chi connectivity index (χ1) is 21.0. The molecule has 15 heteroatoms. The molecular weight excluding hydrogens is 601 g/mol. The third kappa shape index (κ3) is 5.13. The van der Waals surface area contributed by atoms with Crippen LogP contribution in [0.3, 0.4) is 0 Å². The van der Waals surface area contributed by atoms with Gasteiger partial charge in [0.15, 0.2) is 11.5 Å². The normalized spacial score (nSPS) is 23.1. The van der Waals surface area contributed by atoms with Gasteiger partial charge in [-0.3, -0.25) is 19.1 Å². The summed E-state index contributed by atoms with van der Waals surface area (Å²) in [5.74, 6) is 0.138. The minimum absolute atomic E-state index is 0.0562. The van der Waals surface area contributed by atoms with Gasteiger partial charge in [-0.05, 0) is 56.0 Å². The zero-order valence-electron chi connectivity index (χ0n) is 23.8. The molecule has 2 aliphatic heterocycles. The Bertz CT molecular complexity index is 1650. The molecule has 2 N–H and O–H groups in total. The Kier molecular flexibility index (Phi) is 6.96. The molecule has 4 fully saturated rings. The molecule has 2 aliphatic carbocycles. The van der Waals surface area contributed by atoms with Crippen molar-refractivity contribution < 1.29 is 27.6 Å². The first-order valence-electron chi connectivity index (χ1n) is 14.6. The van der Waals surface area contributed by atoms with Gasteiger partial charge < -0.3 is 25.0 Å². The topological polar surface area (TPSA) is 117 Å². The maximum atomic E-state index is 13.7. The van der Waals surface area contributed by atoms with Gasteiger partial charge in [-0.15, -0.1) is 0 Å². The number of halogens is 4. The molecule has 4 aliphatic rings. The fraction of sp³-hybridized carbons (Fsp3) is 0.483. The van der Waals surface area contributed by atoms with Crippen molar-refractivity contribution in [2.75, 3.05) is 44.6 Å². The number of amides is 3. The largest absolute Gasteiger partial charge is 0.435 e. The number of hydrogen-bond donors (Lipinski definition) is 2. The Hall–Kier alpha value is -3.91. The monoisotopic (exact) mass is 630 g/mol. The Morgan fingerprint density at radius 2 is 1.73 bits per heavy atom. The van der Waals surface area contributed by atoms with Crippen molar-refractivity contribution in [3.63, 3.8) is 0 Å². The van der Waals surface area contributed by atoms with Crippen molar-refractivity contribution in [1.82, 2.24) is 34.4 Å². The molecule has 2 saturated heterocycles. The second-order valence-corrected chi connectivity index (χ2v) is 12.3. The van der Waals surface area contributed by atoms with Crippen LogP contribution in [0.4, 0.5) is 18.9 Å². The standard InChI is InChI=1S/C29H30ClF3N8O3/c1-38-22(20-14-41(16-3-4-16)37-24(20)29(31,32)33)13-35-25(38)26(42)36-15-2-5-17(21(30)10-15)27(43)39-6-8-40(9-7-39)28(44)23-18-11-34-12-19(18)23/h2,5,10,13-14,16,18-19,23,34H,3-4,6-9,11-12H2,1H3,(H,36,42)/t18-,19?,23?/m0/s1. The molecule has 7 rings (SSSR count). The quantitative estimate of drug-likeness (QED) is 0.432. The van der Waals surface area contributed by atoms with E-state index in [-0.39, 0.29) is 51.4 Å². The van der Waals surface area contributed by atoms with Crippen molar-refractivity contribution in [1.29, 1.82) is 0 Å². The smallest absolute Gasteiger partial charge is 0.339 e. The Labute approximate surface area is 255 Å². The van der Waals surface area contributed by atoms with E-state index in [1.54, 1.807) is 4.90 Å². The van der Waals surface area contributed by atoms with Crippen LogP contribution in [0.15, 0.2) is 30.6 Å². The fourth-order valence-electron chi connectivity index (χ4n) is 6.43. The molecule has 2 unspecified atom stereocenters. The average Bonchev–Trinajstić information content (AvgIpc) is 3.78. The van der Waals surface area contributed by atoms with Crippen molar-refractivity contribution in [3.8, 4) is 11.3 Å². The second-order valence-electron chi connectivity index (χ2n) is 11.9.